The molecule has 0 fully saturated rings. The van der Waals surface area contributed by atoms with Crippen molar-refractivity contribution in [3.8, 4) is 0 Å². The van der Waals surface area contributed by atoms with Crippen LogP contribution < -0.4 is 10.5 Å². The Labute approximate surface area is 165 Å². The van der Waals surface area contributed by atoms with E-state index in [1.54, 1.807) is 20.8 Å². The molecule has 0 saturated carbocycles. The molecule has 0 heterocycles. The van der Waals surface area contributed by atoms with Crippen LogP contribution in [0.2, 0.25) is 0 Å². The first-order valence-electron chi connectivity index (χ1n) is 8.37. The van der Waals surface area contributed by atoms with Crippen LogP contribution in [0.4, 0.5) is 5.69 Å². The Balaban J connectivity index is 2.35. The molecular formula is C18H23N3O5S2. The van der Waals surface area contributed by atoms with Crippen LogP contribution in [0.15, 0.2) is 52.3 Å². The molecule has 0 unspecified atom stereocenters. The summed E-state index contributed by atoms with van der Waals surface area (Å²) in [4.78, 5) is 12.4. The van der Waals surface area contributed by atoms with Crippen LogP contribution in [0.25, 0.3) is 0 Å². The minimum atomic E-state index is -3.94. The maximum Gasteiger partial charge on any atom is 0.255 e. The molecule has 2 aromatic rings. The van der Waals surface area contributed by atoms with Gasteiger partial charge in [-0.3, -0.25) is 4.79 Å². The lowest BCUT2D eigenvalue weighted by Gasteiger charge is -2.21. The minimum absolute atomic E-state index is 0.00881. The second-order valence-electron chi connectivity index (χ2n) is 6.62. The van der Waals surface area contributed by atoms with Gasteiger partial charge in [-0.25, -0.2) is 22.0 Å². The van der Waals surface area contributed by atoms with E-state index in [2.05, 4.69) is 5.32 Å². The second-order valence-corrected chi connectivity index (χ2v) is 10.1. The van der Waals surface area contributed by atoms with Crippen molar-refractivity contribution < 1.29 is 21.6 Å². The van der Waals surface area contributed by atoms with Gasteiger partial charge in [0.05, 0.1) is 9.79 Å². The molecule has 0 bridgehead atoms. The molecule has 28 heavy (non-hydrogen) atoms. The average Bonchev–Trinajstić information content (AvgIpc) is 2.61. The topological polar surface area (TPSA) is 127 Å². The highest BCUT2D eigenvalue weighted by atomic mass is 32.2. The van der Waals surface area contributed by atoms with E-state index >= 15 is 0 Å². The number of carbonyl (C=O) groups is 1. The van der Waals surface area contributed by atoms with Crippen molar-refractivity contribution in [2.45, 2.75) is 36.6 Å². The standard InChI is InChI=1S/C18H23N3O5S2/c1-12(2)21(4)28(25,26)16-7-5-6-14(10-16)18(22)20-15-9-8-13(3)17(11-15)27(19,23)24/h5-12H,1-4H3,(H,20,22)(H2,19,23,24). The second kappa shape index (κ2) is 8.00. The summed E-state index contributed by atoms with van der Waals surface area (Å²) in [5, 5.41) is 7.74. The highest BCUT2D eigenvalue weighted by Crippen LogP contribution is 2.21. The first-order chi connectivity index (χ1) is 12.8. The van der Waals surface area contributed by atoms with Gasteiger partial charge in [-0.2, -0.15) is 4.31 Å². The maximum absolute atomic E-state index is 12.6. The van der Waals surface area contributed by atoms with Crippen molar-refractivity contribution >= 4 is 31.6 Å². The number of hydrogen-bond acceptors (Lipinski definition) is 5. The van der Waals surface area contributed by atoms with Crippen LogP contribution in [0.1, 0.15) is 29.8 Å². The molecule has 0 aromatic heterocycles. The SMILES string of the molecule is Cc1ccc(NC(=O)c2cccc(S(=O)(=O)N(C)C(C)C)c2)cc1S(N)(=O)=O. The largest absolute Gasteiger partial charge is 0.322 e. The molecule has 0 spiro atoms. The lowest BCUT2D eigenvalue weighted by atomic mass is 10.2. The number of carbonyl (C=O) groups excluding carboxylic acids is 1. The van der Waals surface area contributed by atoms with Gasteiger partial charge in [0.2, 0.25) is 20.0 Å². The highest BCUT2D eigenvalue weighted by molar-refractivity contribution is 7.89. The summed E-state index contributed by atoms with van der Waals surface area (Å²) in [5.41, 5.74) is 0.799. The van der Waals surface area contributed by atoms with Crippen molar-refractivity contribution in [3.05, 3.63) is 53.6 Å². The van der Waals surface area contributed by atoms with Gasteiger partial charge in [-0.05, 0) is 56.7 Å². The van der Waals surface area contributed by atoms with E-state index in [1.165, 1.54) is 53.8 Å². The summed E-state index contributed by atoms with van der Waals surface area (Å²) < 4.78 is 49.7. The van der Waals surface area contributed by atoms with Gasteiger partial charge in [0, 0.05) is 24.3 Å². The third-order valence-electron chi connectivity index (χ3n) is 4.25. The Morgan fingerprint density at radius 2 is 1.71 bits per heavy atom. The normalized spacial score (nSPS) is 12.4. The molecule has 10 heteroatoms. The first kappa shape index (κ1) is 22.0. The summed E-state index contributed by atoms with van der Waals surface area (Å²) in [6.07, 6.45) is 0. The number of primary sulfonamides is 1. The minimum Gasteiger partial charge on any atom is -0.322 e. The number of nitrogens with zero attached hydrogens (tertiary/aromatic N) is 1. The van der Waals surface area contributed by atoms with Gasteiger partial charge in [0.1, 0.15) is 0 Å². The summed E-state index contributed by atoms with van der Waals surface area (Å²) in [6, 6.07) is 9.71. The molecule has 152 valence electrons. The number of rotatable bonds is 6. The molecule has 0 saturated heterocycles. The van der Waals surface area contributed by atoms with Crippen molar-refractivity contribution in [2.75, 3.05) is 12.4 Å². The van der Waals surface area contributed by atoms with Gasteiger partial charge >= 0.3 is 0 Å². The molecule has 2 rings (SSSR count). The van der Waals surface area contributed by atoms with Crippen LogP contribution in [-0.2, 0) is 20.0 Å². The predicted molar refractivity (Wildman–Crippen MR) is 107 cm³/mol. The summed E-state index contributed by atoms with van der Waals surface area (Å²) >= 11 is 0. The van der Waals surface area contributed by atoms with Crippen molar-refractivity contribution in [3.63, 3.8) is 0 Å². The maximum atomic E-state index is 12.6. The number of hydrogen-bond donors (Lipinski definition) is 2. The fourth-order valence-corrected chi connectivity index (χ4v) is 4.65. The van der Waals surface area contributed by atoms with E-state index < -0.39 is 26.0 Å². The van der Waals surface area contributed by atoms with Gasteiger partial charge in [0.25, 0.3) is 5.91 Å². The van der Waals surface area contributed by atoms with E-state index in [1.807, 2.05) is 0 Å². The Kier molecular flexibility index (Phi) is 6.29. The van der Waals surface area contributed by atoms with Crippen LogP contribution in [0.3, 0.4) is 0 Å². The van der Waals surface area contributed by atoms with Crippen LogP contribution in [0.5, 0.6) is 0 Å². The number of sulfonamides is 2. The Bertz CT molecular complexity index is 1110. The highest BCUT2D eigenvalue weighted by Gasteiger charge is 2.24. The van der Waals surface area contributed by atoms with Crippen molar-refractivity contribution in [2.24, 2.45) is 5.14 Å². The quantitative estimate of drug-likeness (QED) is 0.731. The van der Waals surface area contributed by atoms with Gasteiger partial charge in [-0.1, -0.05) is 12.1 Å². The van der Waals surface area contributed by atoms with Crippen LogP contribution >= 0.6 is 0 Å². The monoisotopic (exact) mass is 425 g/mol. The first-order valence-corrected chi connectivity index (χ1v) is 11.4. The third kappa shape index (κ3) is 4.76. The predicted octanol–water partition coefficient (Wildman–Crippen LogP) is 1.92. The summed E-state index contributed by atoms with van der Waals surface area (Å²) in [6.45, 7) is 5.08. The van der Waals surface area contributed by atoms with Gasteiger partial charge in [-0.15, -0.1) is 0 Å². The lowest BCUT2D eigenvalue weighted by Crippen LogP contribution is -2.33. The molecule has 0 aliphatic heterocycles. The van der Waals surface area contributed by atoms with Gasteiger partial charge < -0.3 is 5.32 Å². The average molecular weight is 426 g/mol. The van der Waals surface area contributed by atoms with Crippen molar-refractivity contribution in [1.82, 2.24) is 4.31 Å². The van der Waals surface area contributed by atoms with Gasteiger partial charge in [0.15, 0.2) is 0 Å². The van der Waals surface area contributed by atoms with E-state index in [0.717, 1.165) is 0 Å². The number of nitrogens with one attached hydrogen (secondary N) is 1. The Morgan fingerprint density at radius 1 is 1.07 bits per heavy atom. The molecule has 1 amide bonds. The third-order valence-corrected chi connectivity index (χ3v) is 7.34. The van der Waals surface area contributed by atoms with Crippen LogP contribution in [-0.4, -0.2) is 40.1 Å². The van der Waals surface area contributed by atoms with Crippen molar-refractivity contribution in [1.29, 1.82) is 0 Å². The number of amides is 1. The zero-order valence-electron chi connectivity index (χ0n) is 16.0. The molecule has 0 aliphatic rings. The Morgan fingerprint density at radius 3 is 2.29 bits per heavy atom. The van der Waals surface area contributed by atoms with E-state index in [4.69, 9.17) is 5.14 Å². The molecule has 0 radical (unpaired) electrons. The van der Waals surface area contributed by atoms with E-state index in [0.29, 0.717) is 5.56 Å². The molecule has 0 aliphatic carbocycles. The number of aryl methyl sites for hydroxylation is 1. The molecule has 0 atom stereocenters. The summed E-state index contributed by atoms with van der Waals surface area (Å²) in [7, 11) is -6.21. The number of benzene rings is 2. The van der Waals surface area contributed by atoms with E-state index in [9.17, 15) is 21.6 Å². The zero-order valence-corrected chi connectivity index (χ0v) is 17.6. The Hall–Kier alpha value is -2.27. The molecular weight excluding hydrogens is 402 g/mol. The lowest BCUT2D eigenvalue weighted by molar-refractivity contribution is 0.102. The smallest absolute Gasteiger partial charge is 0.255 e. The molecule has 8 nitrogen and oxygen atoms in total. The van der Waals surface area contributed by atoms with E-state index in [-0.39, 0.29) is 27.1 Å². The molecule has 2 aromatic carbocycles. The van der Waals surface area contributed by atoms with Crippen LogP contribution in [0, 0.1) is 6.92 Å². The summed E-state index contributed by atoms with van der Waals surface area (Å²) in [5.74, 6) is -0.575. The fraction of sp³-hybridized carbons (Fsp3) is 0.278. The zero-order chi connectivity index (χ0) is 21.3. The number of nitrogens with two attached hydrogens (primary N) is 1. The molecule has 3 N–H and O–H groups in total. The number of anilines is 1. The fourth-order valence-electron chi connectivity index (χ4n) is 2.43.